The van der Waals surface area contributed by atoms with Gasteiger partial charge in [-0.15, -0.1) is 0 Å². The van der Waals surface area contributed by atoms with E-state index in [9.17, 15) is 18.0 Å². The summed E-state index contributed by atoms with van der Waals surface area (Å²) in [5.41, 5.74) is 1.61. The molecule has 1 saturated carbocycles. The van der Waals surface area contributed by atoms with Gasteiger partial charge in [0.05, 0.1) is 12.8 Å². The zero-order chi connectivity index (χ0) is 31.7. The Kier molecular flexibility index (Phi) is 11.6. The largest absolute Gasteiger partial charge is 0.457 e. The van der Waals surface area contributed by atoms with Crippen LogP contribution in [0, 0.1) is 5.92 Å². The number of hydrogen-bond donors (Lipinski definition) is 2. The Bertz CT molecular complexity index is 1330. The van der Waals surface area contributed by atoms with Gasteiger partial charge in [0.1, 0.15) is 11.5 Å². The third kappa shape index (κ3) is 9.40. The quantitative estimate of drug-likeness (QED) is 0.314. The van der Waals surface area contributed by atoms with Crippen molar-refractivity contribution in [1.82, 2.24) is 15.1 Å². The second-order valence-electron chi connectivity index (χ2n) is 11.8. The zero-order valence-electron chi connectivity index (χ0n) is 26.2. The standard InChI is InChI=1S/C32H46N4O7S/c1-32(41-2,42-3)36(30(37)22-33-31(38)25-8-6-5-7-9-25)27-18-20-35(21-19-27)23-24-10-14-28(15-11-24)43-29-16-12-26(13-17-29)34-44(4,39)40/h10-17,25,27,34H,5-9,18-23H2,1-4H3,(H,33,38). The first-order valence-corrected chi connectivity index (χ1v) is 17.2. The van der Waals surface area contributed by atoms with Gasteiger partial charge in [-0.25, -0.2) is 8.42 Å². The fourth-order valence-corrected chi connectivity index (χ4v) is 6.56. The molecule has 44 heavy (non-hydrogen) atoms. The number of carbonyl (C=O) groups excluding carboxylic acids is 2. The van der Waals surface area contributed by atoms with Gasteiger partial charge in [-0.05, 0) is 67.6 Å². The van der Waals surface area contributed by atoms with Crippen molar-refractivity contribution in [2.45, 2.75) is 70.4 Å². The van der Waals surface area contributed by atoms with Crippen molar-refractivity contribution in [3.05, 3.63) is 54.1 Å². The van der Waals surface area contributed by atoms with Crippen molar-refractivity contribution in [1.29, 1.82) is 0 Å². The number of nitrogens with zero attached hydrogens (tertiary/aromatic N) is 2. The highest BCUT2D eigenvalue weighted by molar-refractivity contribution is 7.92. The van der Waals surface area contributed by atoms with E-state index in [4.69, 9.17) is 14.2 Å². The Morgan fingerprint density at radius 2 is 1.48 bits per heavy atom. The van der Waals surface area contributed by atoms with Gasteiger partial charge < -0.3 is 19.5 Å². The van der Waals surface area contributed by atoms with Gasteiger partial charge >= 0.3 is 0 Å². The third-order valence-electron chi connectivity index (χ3n) is 8.50. The lowest BCUT2D eigenvalue weighted by molar-refractivity contribution is -0.286. The zero-order valence-corrected chi connectivity index (χ0v) is 27.0. The van der Waals surface area contributed by atoms with Crippen molar-refractivity contribution in [3.8, 4) is 11.5 Å². The van der Waals surface area contributed by atoms with Gasteiger partial charge in [0.2, 0.25) is 21.8 Å². The summed E-state index contributed by atoms with van der Waals surface area (Å²) in [7, 11) is -0.281. The van der Waals surface area contributed by atoms with E-state index in [1.165, 1.54) is 20.6 Å². The van der Waals surface area contributed by atoms with E-state index in [2.05, 4.69) is 14.9 Å². The monoisotopic (exact) mass is 630 g/mol. The van der Waals surface area contributed by atoms with Crippen LogP contribution in [0.3, 0.4) is 0 Å². The Balaban J connectivity index is 1.29. The molecule has 4 rings (SSSR count). The molecular formula is C32H46N4O7S. The number of rotatable bonds is 13. The van der Waals surface area contributed by atoms with Crippen molar-refractivity contribution in [3.63, 3.8) is 0 Å². The lowest BCUT2D eigenvalue weighted by Crippen LogP contribution is -2.61. The number of methoxy groups -OCH3 is 2. The summed E-state index contributed by atoms with van der Waals surface area (Å²) in [6, 6.07) is 14.5. The maximum Gasteiger partial charge on any atom is 0.250 e. The average Bonchev–Trinajstić information content (AvgIpc) is 3.02. The highest BCUT2D eigenvalue weighted by Gasteiger charge is 2.41. The first-order valence-electron chi connectivity index (χ1n) is 15.3. The molecule has 12 heteroatoms. The number of amides is 2. The van der Waals surface area contributed by atoms with Gasteiger partial charge in [-0.2, -0.15) is 0 Å². The maximum absolute atomic E-state index is 13.5. The predicted molar refractivity (Wildman–Crippen MR) is 169 cm³/mol. The van der Waals surface area contributed by atoms with Crippen molar-refractivity contribution in [2.24, 2.45) is 5.92 Å². The number of anilines is 1. The van der Waals surface area contributed by atoms with Gasteiger partial charge in [-0.3, -0.25) is 24.1 Å². The van der Waals surface area contributed by atoms with E-state index in [1.54, 1.807) is 36.1 Å². The van der Waals surface area contributed by atoms with Crippen LogP contribution in [0.25, 0.3) is 0 Å². The molecule has 0 radical (unpaired) electrons. The molecule has 0 atom stereocenters. The second kappa shape index (κ2) is 15.2. The Morgan fingerprint density at radius 3 is 2.02 bits per heavy atom. The summed E-state index contributed by atoms with van der Waals surface area (Å²) < 4.78 is 42.5. The SMILES string of the molecule is COC(C)(OC)N(C(=O)CNC(=O)C1CCCCC1)C1CCN(Cc2ccc(Oc3ccc(NS(C)(=O)=O)cc3)cc2)CC1. The summed E-state index contributed by atoms with van der Waals surface area (Å²) in [5.74, 6) is -0.218. The number of sulfonamides is 1. The van der Waals surface area contributed by atoms with Gasteiger partial charge in [0.25, 0.3) is 5.91 Å². The van der Waals surface area contributed by atoms with Crippen LogP contribution in [0.2, 0.25) is 0 Å². The van der Waals surface area contributed by atoms with Crippen LogP contribution in [0.4, 0.5) is 5.69 Å². The highest BCUT2D eigenvalue weighted by Crippen LogP contribution is 2.29. The number of benzene rings is 2. The molecule has 0 bridgehead atoms. The molecule has 2 aromatic rings. The van der Waals surface area contributed by atoms with Crippen molar-refractivity contribution >= 4 is 27.5 Å². The van der Waals surface area contributed by atoms with Crippen molar-refractivity contribution < 1.29 is 32.2 Å². The topological polar surface area (TPSA) is 127 Å². The van der Waals surface area contributed by atoms with E-state index in [1.807, 2.05) is 24.3 Å². The summed E-state index contributed by atoms with van der Waals surface area (Å²) >= 11 is 0. The summed E-state index contributed by atoms with van der Waals surface area (Å²) in [6.45, 7) is 4.01. The van der Waals surface area contributed by atoms with E-state index in [0.29, 0.717) is 17.2 Å². The fraction of sp³-hybridized carbons (Fsp3) is 0.562. The normalized spacial score (nSPS) is 17.2. The van der Waals surface area contributed by atoms with Crippen LogP contribution in [0.15, 0.2) is 48.5 Å². The smallest absolute Gasteiger partial charge is 0.250 e. The van der Waals surface area contributed by atoms with Crippen LogP contribution in [-0.4, -0.2) is 82.1 Å². The summed E-state index contributed by atoms with van der Waals surface area (Å²) in [5, 5.41) is 2.88. The molecule has 2 aliphatic rings. The van der Waals surface area contributed by atoms with Crippen LogP contribution in [0.5, 0.6) is 11.5 Å². The minimum Gasteiger partial charge on any atom is -0.457 e. The molecule has 1 aliphatic carbocycles. The van der Waals surface area contributed by atoms with Crippen LogP contribution in [-0.2, 0) is 35.6 Å². The Morgan fingerprint density at radius 1 is 0.909 bits per heavy atom. The minimum atomic E-state index is -3.33. The lowest BCUT2D eigenvalue weighted by atomic mass is 9.89. The summed E-state index contributed by atoms with van der Waals surface area (Å²) in [6.07, 6.45) is 7.65. The van der Waals surface area contributed by atoms with Gasteiger partial charge in [0.15, 0.2) is 0 Å². The third-order valence-corrected chi connectivity index (χ3v) is 9.11. The molecule has 1 aliphatic heterocycles. The maximum atomic E-state index is 13.5. The van der Waals surface area contributed by atoms with Crippen LogP contribution >= 0.6 is 0 Å². The number of carbonyl (C=O) groups is 2. The fourth-order valence-electron chi connectivity index (χ4n) is 6.00. The molecule has 0 aromatic heterocycles. The molecule has 1 heterocycles. The number of nitrogens with one attached hydrogen (secondary N) is 2. The molecule has 2 N–H and O–H groups in total. The molecule has 2 fully saturated rings. The first kappa shape index (κ1) is 33.7. The number of piperidine rings is 1. The molecule has 242 valence electrons. The molecule has 11 nitrogen and oxygen atoms in total. The van der Waals surface area contributed by atoms with Crippen molar-refractivity contribution in [2.75, 3.05) is 44.8 Å². The van der Waals surface area contributed by atoms with E-state index < -0.39 is 15.9 Å². The molecule has 0 unspecified atom stereocenters. The average molecular weight is 631 g/mol. The Labute approximate surface area is 261 Å². The van der Waals surface area contributed by atoms with Crippen LogP contribution < -0.4 is 14.8 Å². The van der Waals surface area contributed by atoms with Gasteiger partial charge in [0, 0.05) is 58.4 Å². The number of ether oxygens (including phenoxy) is 3. The van der Waals surface area contributed by atoms with E-state index in [-0.39, 0.29) is 30.3 Å². The minimum absolute atomic E-state index is 0.0112. The van der Waals surface area contributed by atoms with Gasteiger partial charge in [-0.1, -0.05) is 31.4 Å². The number of likely N-dealkylation sites (tertiary alicyclic amines) is 1. The van der Waals surface area contributed by atoms with Crippen LogP contribution in [0.1, 0.15) is 57.4 Å². The molecule has 0 spiro atoms. The van der Waals surface area contributed by atoms with E-state index >= 15 is 0 Å². The molecular weight excluding hydrogens is 584 g/mol. The Hall–Kier alpha value is -3.19. The number of hydrogen-bond acceptors (Lipinski definition) is 8. The summed E-state index contributed by atoms with van der Waals surface area (Å²) in [4.78, 5) is 30.2. The first-order chi connectivity index (χ1) is 21.0. The van der Waals surface area contributed by atoms with E-state index in [0.717, 1.165) is 70.0 Å². The highest BCUT2D eigenvalue weighted by atomic mass is 32.2. The predicted octanol–water partition coefficient (Wildman–Crippen LogP) is 4.31. The molecule has 2 amide bonds. The second-order valence-corrected chi connectivity index (χ2v) is 13.5. The molecule has 1 saturated heterocycles. The lowest BCUT2D eigenvalue weighted by Gasteiger charge is -2.46. The molecule has 2 aromatic carbocycles.